The van der Waals surface area contributed by atoms with E-state index < -0.39 is 9.84 Å². The Morgan fingerprint density at radius 2 is 1.96 bits per heavy atom. The summed E-state index contributed by atoms with van der Waals surface area (Å²) in [7, 11) is -3.25. The van der Waals surface area contributed by atoms with Crippen LogP contribution in [0.3, 0.4) is 0 Å². The van der Waals surface area contributed by atoms with Gasteiger partial charge in [-0.15, -0.1) is 21.5 Å². The molecule has 142 valence electrons. The van der Waals surface area contributed by atoms with Crippen molar-refractivity contribution in [3.05, 3.63) is 41.8 Å². The van der Waals surface area contributed by atoms with Crippen LogP contribution in [0.2, 0.25) is 0 Å². The van der Waals surface area contributed by atoms with E-state index in [1.165, 1.54) is 23.9 Å². The molecule has 0 saturated heterocycles. The fourth-order valence-electron chi connectivity index (χ4n) is 2.38. The quantitative estimate of drug-likeness (QED) is 0.588. The van der Waals surface area contributed by atoms with Crippen LogP contribution >= 0.6 is 23.1 Å². The first-order valence-corrected chi connectivity index (χ1v) is 11.8. The molecule has 0 unspecified atom stereocenters. The zero-order valence-corrected chi connectivity index (χ0v) is 17.2. The van der Waals surface area contributed by atoms with Gasteiger partial charge < -0.3 is 9.88 Å². The smallest absolute Gasteiger partial charge is 0.234 e. The Kier molecular flexibility index (Phi) is 5.98. The lowest BCUT2D eigenvalue weighted by atomic mass is 10.3. The molecule has 1 N–H and O–H groups in total. The number of nitrogens with zero attached hydrogens (tertiary/aromatic N) is 3. The average molecular weight is 423 g/mol. The van der Waals surface area contributed by atoms with E-state index in [-0.39, 0.29) is 16.6 Å². The lowest BCUT2D eigenvalue weighted by molar-refractivity contribution is -0.113. The third kappa shape index (κ3) is 4.76. The fourth-order valence-corrected chi connectivity index (χ4v) is 4.53. The Balaban J connectivity index is 1.63. The van der Waals surface area contributed by atoms with Crippen molar-refractivity contribution in [2.75, 3.05) is 17.3 Å². The number of thiophene rings is 1. The summed E-state index contributed by atoms with van der Waals surface area (Å²) in [6, 6.07) is 10.0. The molecule has 0 aliphatic rings. The Morgan fingerprint density at radius 1 is 1.22 bits per heavy atom. The van der Waals surface area contributed by atoms with Crippen LogP contribution in [-0.4, -0.2) is 41.1 Å². The van der Waals surface area contributed by atoms with E-state index in [2.05, 4.69) is 15.5 Å². The maximum atomic E-state index is 12.2. The molecule has 27 heavy (non-hydrogen) atoms. The van der Waals surface area contributed by atoms with Gasteiger partial charge in [0.25, 0.3) is 0 Å². The third-order valence-electron chi connectivity index (χ3n) is 3.67. The van der Waals surface area contributed by atoms with E-state index in [4.69, 9.17) is 0 Å². The van der Waals surface area contributed by atoms with E-state index >= 15 is 0 Å². The Hall–Kier alpha value is -2.17. The number of hydrogen-bond donors (Lipinski definition) is 1. The average Bonchev–Trinajstić information content (AvgIpc) is 3.28. The summed E-state index contributed by atoms with van der Waals surface area (Å²) in [6.45, 7) is 2.71. The van der Waals surface area contributed by atoms with Crippen molar-refractivity contribution in [3.8, 4) is 10.7 Å². The van der Waals surface area contributed by atoms with Gasteiger partial charge in [-0.05, 0) is 42.6 Å². The van der Waals surface area contributed by atoms with Gasteiger partial charge in [0.2, 0.25) is 5.91 Å². The van der Waals surface area contributed by atoms with Gasteiger partial charge in [0, 0.05) is 18.5 Å². The highest BCUT2D eigenvalue weighted by Gasteiger charge is 2.15. The topological polar surface area (TPSA) is 94.0 Å². The molecule has 0 saturated carbocycles. The number of carbonyl (C=O) groups is 1. The lowest BCUT2D eigenvalue weighted by Crippen LogP contribution is -2.14. The SMILES string of the molecule is CCn1c(SCC(=O)Nc2ccc(S(C)(=O)=O)cc2)nnc1-c1cccs1. The Bertz CT molecular complexity index is 1030. The van der Waals surface area contributed by atoms with E-state index in [9.17, 15) is 13.2 Å². The molecule has 2 aromatic heterocycles. The second-order valence-electron chi connectivity index (χ2n) is 5.66. The molecule has 0 bridgehead atoms. The molecule has 0 radical (unpaired) electrons. The van der Waals surface area contributed by atoms with Crippen molar-refractivity contribution >= 4 is 44.5 Å². The number of rotatable bonds is 7. The monoisotopic (exact) mass is 422 g/mol. The van der Waals surface area contributed by atoms with Crippen LogP contribution in [0.1, 0.15) is 6.92 Å². The van der Waals surface area contributed by atoms with E-state index in [0.29, 0.717) is 17.4 Å². The zero-order valence-electron chi connectivity index (χ0n) is 14.7. The molecular weight excluding hydrogens is 404 g/mol. The number of carbonyl (C=O) groups excluding carboxylic acids is 1. The highest BCUT2D eigenvalue weighted by atomic mass is 32.2. The number of aromatic nitrogens is 3. The van der Waals surface area contributed by atoms with Gasteiger partial charge in [0.15, 0.2) is 20.8 Å². The minimum Gasteiger partial charge on any atom is -0.325 e. The summed E-state index contributed by atoms with van der Waals surface area (Å²) < 4.78 is 24.9. The molecule has 7 nitrogen and oxygen atoms in total. The van der Waals surface area contributed by atoms with Crippen molar-refractivity contribution in [2.45, 2.75) is 23.5 Å². The van der Waals surface area contributed by atoms with E-state index in [1.807, 2.05) is 29.0 Å². The molecule has 3 aromatic rings. The summed E-state index contributed by atoms with van der Waals surface area (Å²) in [5, 5.41) is 13.9. The Labute approximate surface area is 165 Å². The maximum Gasteiger partial charge on any atom is 0.234 e. The molecular formula is C17H18N4O3S3. The van der Waals surface area contributed by atoms with Crippen LogP contribution in [0, 0.1) is 0 Å². The number of sulfone groups is 1. The normalized spacial score (nSPS) is 11.5. The first-order chi connectivity index (χ1) is 12.9. The van der Waals surface area contributed by atoms with Crippen molar-refractivity contribution < 1.29 is 13.2 Å². The molecule has 2 heterocycles. The Morgan fingerprint density at radius 3 is 2.56 bits per heavy atom. The van der Waals surface area contributed by atoms with E-state index in [1.54, 1.807) is 23.5 Å². The van der Waals surface area contributed by atoms with Crippen LogP contribution in [0.4, 0.5) is 5.69 Å². The standard InChI is InChI=1S/C17H18N4O3S3/c1-3-21-16(14-5-4-10-25-14)19-20-17(21)26-11-15(22)18-12-6-8-13(9-7-12)27(2,23)24/h4-10H,3,11H2,1-2H3,(H,18,22). The number of amides is 1. The van der Waals surface area contributed by atoms with Gasteiger partial charge in [0.05, 0.1) is 15.5 Å². The van der Waals surface area contributed by atoms with Gasteiger partial charge in [-0.2, -0.15) is 0 Å². The van der Waals surface area contributed by atoms with Gasteiger partial charge in [-0.25, -0.2) is 8.42 Å². The zero-order chi connectivity index (χ0) is 19.4. The second kappa shape index (κ2) is 8.24. The lowest BCUT2D eigenvalue weighted by Gasteiger charge is -2.07. The van der Waals surface area contributed by atoms with Crippen LogP contribution in [0.15, 0.2) is 51.8 Å². The molecule has 0 fully saturated rings. The maximum absolute atomic E-state index is 12.2. The molecule has 0 aliphatic heterocycles. The van der Waals surface area contributed by atoms with Crippen molar-refractivity contribution in [1.82, 2.24) is 14.8 Å². The number of hydrogen-bond acceptors (Lipinski definition) is 7. The molecule has 1 amide bonds. The molecule has 10 heteroatoms. The van der Waals surface area contributed by atoms with Gasteiger partial charge in [-0.1, -0.05) is 17.8 Å². The van der Waals surface area contributed by atoms with Crippen LogP contribution in [0.5, 0.6) is 0 Å². The number of thioether (sulfide) groups is 1. The highest BCUT2D eigenvalue weighted by molar-refractivity contribution is 7.99. The summed E-state index contributed by atoms with van der Waals surface area (Å²) in [5.41, 5.74) is 0.546. The highest BCUT2D eigenvalue weighted by Crippen LogP contribution is 2.27. The molecule has 3 rings (SSSR count). The number of benzene rings is 1. The summed E-state index contributed by atoms with van der Waals surface area (Å²) in [5.74, 6) is 0.776. The number of anilines is 1. The van der Waals surface area contributed by atoms with Gasteiger partial charge >= 0.3 is 0 Å². The third-order valence-corrected chi connectivity index (χ3v) is 6.63. The summed E-state index contributed by atoms with van der Waals surface area (Å²) >= 11 is 2.90. The van der Waals surface area contributed by atoms with Gasteiger partial charge in [-0.3, -0.25) is 4.79 Å². The second-order valence-corrected chi connectivity index (χ2v) is 9.57. The summed E-state index contributed by atoms with van der Waals surface area (Å²) in [6.07, 6.45) is 1.14. The van der Waals surface area contributed by atoms with E-state index in [0.717, 1.165) is 17.0 Å². The minimum atomic E-state index is -3.25. The molecule has 0 spiro atoms. The first kappa shape index (κ1) is 19.6. The van der Waals surface area contributed by atoms with Gasteiger partial charge in [0.1, 0.15) is 0 Å². The minimum absolute atomic E-state index is 0.177. The molecule has 0 aliphatic carbocycles. The van der Waals surface area contributed by atoms with Crippen molar-refractivity contribution in [3.63, 3.8) is 0 Å². The molecule has 1 aromatic carbocycles. The predicted octanol–water partition coefficient (Wildman–Crippen LogP) is 3.16. The van der Waals surface area contributed by atoms with Crippen molar-refractivity contribution in [2.24, 2.45) is 0 Å². The largest absolute Gasteiger partial charge is 0.325 e. The first-order valence-electron chi connectivity index (χ1n) is 8.08. The summed E-state index contributed by atoms with van der Waals surface area (Å²) in [4.78, 5) is 13.4. The fraction of sp³-hybridized carbons (Fsp3) is 0.235. The van der Waals surface area contributed by atoms with Crippen LogP contribution < -0.4 is 5.32 Å². The predicted molar refractivity (Wildman–Crippen MR) is 108 cm³/mol. The number of nitrogens with one attached hydrogen (secondary N) is 1. The van der Waals surface area contributed by atoms with Crippen molar-refractivity contribution in [1.29, 1.82) is 0 Å². The van der Waals surface area contributed by atoms with Crippen LogP contribution in [-0.2, 0) is 21.2 Å². The molecule has 0 atom stereocenters. The van der Waals surface area contributed by atoms with Crippen LogP contribution in [0.25, 0.3) is 10.7 Å².